The normalized spacial score (nSPS) is 16.2. The molecule has 0 aliphatic carbocycles. The summed E-state index contributed by atoms with van der Waals surface area (Å²) in [6, 6.07) is 16.4. The molecule has 8 heteroatoms. The first-order valence-corrected chi connectivity index (χ1v) is 11.2. The number of amides is 1. The molecule has 0 spiro atoms. The molecule has 1 fully saturated rings. The molecule has 1 aliphatic heterocycles. The number of aryl methyl sites for hydroxylation is 1. The van der Waals surface area contributed by atoms with E-state index in [9.17, 15) is 9.59 Å². The van der Waals surface area contributed by atoms with Crippen molar-refractivity contribution in [3.8, 4) is 5.69 Å². The summed E-state index contributed by atoms with van der Waals surface area (Å²) >= 11 is 7.59. The number of rotatable bonds is 3. The van der Waals surface area contributed by atoms with Crippen molar-refractivity contribution in [2.75, 3.05) is 6.54 Å². The lowest BCUT2D eigenvalue weighted by molar-refractivity contribution is 0.0726. The van der Waals surface area contributed by atoms with Gasteiger partial charge in [0.1, 0.15) is 5.01 Å². The van der Waals surface area contributed by atoms with Gasteiger partial charge in [-0.05, 0) is 56.2 Å². The predicted molar refractivity (Wildman–Crippen MR) is 122 cm³/mol. The number of likely N-dealkylation sites (tertiary alicyclic amines) is 1. The van der Waals surface area contributed by atoms with Crippen molar-refractivity contribution in [1.82, 2.24) is 19.7 Å². The molecule has 5 rings (SSSR count). The van der Waals surface area contributed by atoms with Crippen molar-refractivity contribution in [2.45, 2.75) is 25.8 Å². The number of benzene rings is 2. The summed E-state index contributed by atoms with van der Waals surface area (Å²) in [7, 11) is 0. The minimum Gasteiger partial charge on any atom is -0.328 e. The van der Waals surface area contributed by atoms with E-state index in [1.54, 1.807) is 52.1 Å². The van der Waals surface area contributed by atoms with E-state index >= 15 is 0 Å². The lowest BCUT2D eigenvalue weighted by Gasteiger charge is -2.23. The summed E-state index contributed by atoms with van der Waals surface area (Å²) in [6.45, 7) is 2.37. The van der Waals surface area contributed by atoms with Crippen LogP contribution in [0.3, 0.4) is 0 Å². The van der Waals surface area contributed by atoms with Crippen LogP contribution in [0.1, 0.15) is 40.1 Å². The van der Waals surface area contributed by atoms with Crippen LogP contribution in [0.5, 0.6) is 0 Å². The van der Waals surface area contributed by atoms with Gasteiger partial charge in [0.25, 0.3) is 5.91 Å². The van der Waals surface area contributed by atoms with Crippen molar-refractivity contribution >= 4 is 39.1 Å². The van der Waals surface area contributed by atoms with Gasteiger partial charge in [0.2, 0.25) is 5.43 Å². The molecule has 1 atom stereocenters. The van der Waals surface area contributed by atoms with Crippen LogP contribution in [0.15, 0.2) is 59.4 Å². The molecule has 31 heavy (non-hydrogen) atoms. The van der Waals surface area contributed by atoms with Gasteiger partial charge in [-0.15, -0.1) is 11.3 Å². The van der Waals surface area contributed by atoms with Crippen LogP contribution >= 0.6 is 22.9 Å². The molecule has 2 aromatic carbocycles. The second-order valence-electron chi connectivity index (χ2n) is 7.56. The first kappa shape index (κ1) is 19.9. The molecule has 3 heterocycles. The Bertz CT molecular complexity index is 1310. The number of thiazole rings is 1. The van der Waals surface area contributed by atoms with Gasteiger partial charge < -0.3 is 4.90 Å². The Hall–Kier alpha value is -3.03. The Labute approximate surface area is 187 Å². The fraction of sp³-hybridized carbons (Fsp3) is 0.217. The van der Waals surface area contributed by atoms with E-state index in [0.29, 0.717) is 17.3 Å². The molecule has 4 aromatic rings. The van der Waals surface area contributed by atoms with E-state index in [4.69, 9.17) is 16.6 Å². The largest absolute Gasteiger partial charge is 0.328 e. The second kappa shape index (κ2) is 7.90. The Balaban J connectivity index is 1.52. The average Bonchev–Trinajstić information content (AvgIpc) is 3.41. The molecular weight excluding hydrogens is 432 g/mol. The lowest BCUT2D eigenvalue weighted by Crippen LogP contribution is -2.36. The molecule has 1 saturated heterocycles. The standard InChI is InChI=1S/C23H19ClN4O2S/c1-14-13-19(29)21(26-28(14)16-10-8-15(24)9-11-16)23(30)27-12-4-6-18(27)22-25-17-5-2-3-7-20(17)31-22/h2-3,5,7-11,13,18H,4,6,12H2,1H3/t18-/m0/s1. The maximum Gasteiger partial charge on any atom is 0.278 e. The zero-order valence-electron chi connectivity index (χ0n) is 16.8. The highest BCUT2D eigenvalue weighted by Gasteiger charge is 2.34. The molecule has 0 unspecified atom stereocenters. The third-order valence-electron chi connectivity index (χ3n) is 5.49. The van der Waals surface area contributed by atoms with Crippen molar-refractivity contribution in [2.24, 2.45) is 0 Å². The molecule has 0 radical (unpaired) electrons. The van der Waals surface area contributed by atoms with Crippen molar-refractivity contribution in [1.29, 1.82) is 0 Å². The number of nitrogens with zero attached hydrogens (tertiary/aromatic N) is 4. The van der Waals surface area contributed by atoms with Crippen LogP contribution in [0.25, 0.3) is 15.9 Å². The zero-order valence-corrected chi connectivity index (χ0v) is 18.4. The fourth-order valence-corrected chi connectivity index (χ4v) is 5.22. The van der Waals surface area contributed by atoms with E-state index < -0.39 is 0 Å². The first-order valence-electron chi connectivity index (χ1n) is 10.0. The van der Waals surface area contributed by atoms with Gasteiger partial charge in [0.05, 0.1) is 21.9 Å². The highest BCUT2D eigenvalue weighted by Crippen LogP contribution is 2.36. The van der Waals surface area contributed by atoms with Crippen molar-refractivity contribution in [3.63, 3.8) is 0 Å². The summed E-state index contributed by atoms with van der Waals surface area (Å²) in [5.41, 5.74) is 1.87. The van der Waals surface area contributed by atoms with Gasteiger partial charge in [0.15, 0.2) is 5.69 Å². The van der Waals surface area contributed by atoms with Gasteiger partial charge in [-0.2, -0.15) is 5.10 Å². The summed E-state index contributed by atoms with van der Waals surface area (Å²) in [6.07, 6.45) is 1.69. The van der Waals surface area contributed by atoms with Gasteiger partial charge in [-0.25, -0.2) is 9.67 Å². The zero-order chi connectivity index (χ0) is 21.5. The van der Waals surface area contributed by atoms with Gasteiger partial charge >= 0.3 is 0 Å². The van der Waals surface area contributed by atoms with Crippen LogP contribution in [0.2, 0.25) is 5.02 Å². The van der Waals surface area contributed by atoms with Crippen molar-refractivity contribution in [3.05, 3.63) is 86.2 Å². The number of hydrogen-bond acceptors (Lipinski definition) is 5. The summed E-state index contributed by atoms with van der Waals surface area (Å²) in [5.74, 6) is -0.352. The molecule has 0 bridgehead atoms. The summed E-state index contributed by atoms with van der Waals surface area (Å²) < 4.78 is 2.70. The van der Waals surface area contributed by atoms with Crippen molar-refractivity contribution < 1.29 is 4.79 Å². The number of halogens is 1. The lowest BCUT2D eigenvalue weighted by atomic mass is 10.2. The Kier molecular flexibility index (Phi) is 5.08. The number of carbonyl (C=O) groups is 1. The fourth-order valence-electron chi connectivity index (χ4n) is 3.97. The van der Waals surface area contributed by atoms with Gasteiger partial charge in [-0.3, -0.25) is 9.59 Å². The van der Waals surface area contributed by atoms with Crippen LogP contribution in [-0.4, -0.2) is 32.1 Å². The molecule has 2 aromatic heterocycles. The molecule has 0 saturated carbocycles. The number of hydrogen-bond donors (Lipinski definition) is 0. The smallest absolute Gasteiger partial charge is 0.278 e. The SMILES string of the molecule is Cc1cc(=O)c(C(=O)N2CCC[C@H]2c2nc3ccccc3s2)nn1-c1ccc(Cl)cc1. The Morgan fingerprint density at radius 2 is 1.94 bits per heavy atom. The van der Waals surface area contributed by atoms with E-state index in [2.05, 4.69) is 5.10 Å². The predicted octanol–water partition coefficient (Wildman–Crippen LogP) is 4.78. The van der Waals surface area contributed by atoms with Crippen LogP contribution in [0, 0.1) is 6.92 Å². The number of fused-ring (bicyclic) bond motifs is 1. The average molecular weight is 451 g/mol. The first-order chi connectivity index (χ1) is 15.0. The maximum absolute atomic E-state index is 13.4. The molecule has 1 aliphatic rings. The highest BCUT2D eigenvalue weighted by molar-refractivity contribution is 7.18. The molecule has 0 N–H and O–H groups in total. The number of para-hydroxylation sites is 1. The third-order valence-corrected chi connectivity index (χ3v) is 6.88. The molecule has 156 valence electrons. The van der Waals surface area contributed by atoms with Crippen LogP contribution < -0.4 is 5.43 Å². The minimum atomic E-state index is -0.373. The highest BCUT2D eigenvalue weighted by atomic mass is 35.5. The van der Waals surface area contributed by atoms with E-state index in [0.717, 1.165) is 33.8 Å². The third kappa shape index (κ3) is 3.64. The molecule has 1 amide bonds. The Morgan fingerprint density at radius 3 is 2.71 bits per heavy atom. The molecular formula is C23H19ClN4O2S. The van der Waals surface area contributed by atoms with E-state index in [1.165, 1.54) is 6.07 Å². The van der Waals surface area contributed by atoms with Crippen LogP contribution in [0.4, 0.5) is 0 Å². The maximum atomic E-state index is 13.4. The van der Waals surface area contributed by atoms with E-state index in [-0.39, 0.29) is 23.1 Å². The number of carbonyl (C=O) groups excluding carboxylic acids is 1. The molecule has 6 nitrogen and oxygen atoms in total. The van der Waals surface area contributed by atoms with E-state index in [1.807, 2.05) is 24.3 Å². The van der Waals surface area contributed by atoms with Gasteiger partial charge in [-0.1, -0.05) is 23.7 Å². The topological polar surface area (TPSA) is 68.1 Å². The second-order valence-corrected chi connectivity index (χ2v) is 9.06. The number of aromatic nitrogens is 3. The van der Waals surface area contributed by atoms with Gasteiger partial charge in [0, 0.05) is 23.3 Å². The minimum absolute atomic E-state index is 0.0754. The summed E-state index contributed by atoms with van der Waals surface area (Å²) in [4.78, 5) is 32.6. The quantitative estimate of drug-likeness (QED) is 0.450. The monoisotopic (exact) mass is 450 g/mol. The van der Waals surface area contributed by atoms with Crippen LogP contribution in [-0.2, 0) is 0 Å². The Morgan fingerprint density at radius 1 is 1.16 bits per heavy atom. The summed E-state index contributed by atoms with van der Waals surface area (Å²) in [5, 5.41) is 5.95.